The van der Waals surface area contributed by atoms with Gasteiger partial charge in [0.2, 0.25) is 0 Å². The zero-order chi connectivity index (χ0) is 5.91. The SMILES string of the molecule is CCCP(C)(C)=O. The van der Waals surface area contributed by atoms with Crippen LogP contribution in [0.2, 0.25) is 0 Å². The van der Waals surface area contributed by atoms with Crippen molar-refractivity contribution in [3.63, 3.8) is 0 Å². The molecule has 1 nitrogen and oxygen atoms in total. The minimum atomic E-state index is -1.67. The molecule has 0 saturated heterocycles. The minimum Gasteiger partial charge on any atom is -0.324 e. The molecule has 0 N–H and O–H groups in total. The first-order valence-electron chi connectivity index (χ1n) is 2.60. The highest BCUT2D eigenvalue weighted by Crippen LogP contribution is 2.35. The molecule has 0 aromatic rings. The fourth-order valence-electron chi connectivity index (χ4n) is 0.539. The van der Waals surface area contributed by atoms with Crippen molar-refractivity contribution in [3.05, 3.63) is 0 Å². The largest absolute Gasteiger partial charge is 0.324 e. The molecular formula is C5H13OP. The molecule has 0 heterocycles. The molecule has 44 valence electrons. The van der Waals surface area contributed by atoms with E-state index in [1.807, 2.05) is 13.3 Å². The molecule has 0 saturated carbocycles. The van der Waals surface area contributed by atoms with Gasteiger partial charge in [-0.25, -0.2) is 0 Å². The van der Waals surface area contributed by atoms with Gasteiger partial charge in [-0.2, -0.15) is 0 Å². The first kappa shape index (κ1) is 7.23. The van der Waals surface area contributed by atoms with Gasteiger partial charge in [-0.3, -0.25) is 0 Å². The van der Waals surface area contributed by atoms with Crippen LogP contribution in [0.1, 0.15) is 13.3 Å². The van der Waals surface area contributed by atoms with E-state index in [4.69, 9.17) is 0 Å². The summed E-state index contributed by atoms with van der Waals surface area (Å²) >= 11 is 0. The summed E-state index contributed by atoms with van der Waals surface area (Å²) in [6.45, 7) is 5.71. The molecule has 2 heteroatoms. The molecular weight excluding hydrogens is 107 g/mol. The van der Waals surface area contributed by atoms with E-state index in [-0.39, 0.29) is 0 Å². The second-order valence-corrected chi connectivity index (χ2v) is 5.89. The van der Waals surface area contributed by atoms with E-state index < -0.39 is 7.14 Å². The number of rotatable bonds is 2. The predicted molar refractivity (Wildman–Crippen MR) is 34.6 cm³/mol. The first-order chi connectivity index (χ1) is 3.06. The molecule has 7 heavy (non-hydrogen) atoms. The zero-order valence-electron chi connectivity index (χ0n) is 5.27. The lowest BCUT2D eigenvalue weighted by Crippen LogP contribution is -1.80. The van der Waals surface area contributed by atoms with Gasteiger partial charge >= 0.3 is 0 Å². The molecule has 0 aliphatic heterocycles. The standard InChI is InChI=1S/C5H13OP/c1-4-5-7(2,3)6/h4-5H2,1-3H3. The minimum absolute atomic E-state index is 0.896. The highest BCUT2D eigenvalue weighted by molar-refractivity contribution is 7.62. The fourth-order valence-corrected chi connectivity index (χ4v) is 1.62. The molecule has 0 unspecified atom stereocenters. The summed E-state index contributed by atoms with van der Waals surface area (Å²) in [6.07, 6.45) is 1.94. The lowest BCUT2D eigenvalue weighted by Gasteiger charge is -1.99. The van der Waals surface area contributed by atoms with E-state index in [1.54, 1.807) is 0 Å². The molecule has 0 rings (SSSR count). The Hall–Kier alpha value is 0.230. The molecule has 0 spiro atoms. The van der Waals surface area contributed by atoms with E-state index in [9.17, 15) is 4.57 Å². The summed E-state index contributed by atoms with van der Waals surface area (Å²) < 4.78 is 10.8. The molecule has 0 amide bonds. The van der Waals surface area contributed by atoms with Crippen molar-refractivity contribution in [3.8, 4) is 0 Å². The Morgan fingerprint density at radius 1 is 1.43 bits per heavy atom. The Bertz CT molecular complexity index is 82.1. The third kappa shape index (κ3) is 6.23. The van der Waals surface area contributed by atoms with Crippen molar-refractivity contribution >= 4 is 7.14 Å². The average Bonchev–Trinajstić information content (AvgIpc) is 1.30. The summed E-state index contributed by atoms with van der Waals surface area (Å²) in [6, 6.07) is 0. The summed E-state index contributed by atoms with van der Waals surface area (Å²) in [4.78, 5) is 0. The fraction of sp³-hybridized carbons (Fsp3) is 1.00. The third-order valence-corrected chi connectivity index (χ3v) is 2.29. The molecule has 0 bridgehead atoms. The predicted octanol–water partition coefficient (Wildman–Crippen LogP) is 2.02. The molecule has 0 radical (unpaired) electrons. The topological polar surface area (TPSA) is 17.1 Å². The van der Waals surface area contributed by atoms with Crippen LogP contribution >= 0.6 is 7.14 Å². The van der Waals surface area contributed by atoms with E-state index >= 15 is 0 Å². The first-order valence-corrected chi connectivity index (χ1v) is 5.39. The van der Waals surface area contributed by atoms with E-state index in [0.29, 0.717) is 0 Å². The molecule has 0 aliphatic carbocycles. The Morgan fingerprint density at radius 3 is 1.86 bits per heavy atom. The third-order valence-electron chi connectivity index (χ3n) is 0.762. The summed E-state index contributed by atoms with van der Waals surface area (Å²) in [5, 5.41) is 0. The van der Waals surface area contributed by atoms with Gasteiger partial charge in [0.1, 0.15) is 0 Å². The van der Waals surface area contributed by atoms with E-state index in [2.05, 4.69) is 6.92 Å². The van der Waals surface area contributed by atoms with Gasteiger partial charge in [0, 0.05) is 6.16 Å². The quantitative estimate of drug-likeness (QED) is 0.509. The maximum atomic E-state index is 10.8. The molecule has 0 atom stereocenters. The van der Waals surface area contributed by atoms with Crippen LogP contribution in [0.5, 0.6) is 0 Å². The van der Waals surface area contributed by atoms with Crippen LogP contribution in [-0.4, -0.2) is 19.5 Å². The van der Waals surface area contributed by atoms with Crippen LogP contribution < -0.4 is 0 Å². The van der Waals surface area contributed by atoms with Crippen LogP contribution in [-0.2, 0) is 4.57 Å². The van der Waals surface area contributed by atoms with Gasteiger partial charge in [0.15, 0.2) is 0 Å². The Balaban J connectivity index is 3.36. The molecule has 0 aromatic heterocycles. The second kappa shape index (κ2) is 2.52. The Morgan fingerprint density at radius 2 is 1.86 bits per heavy atom. The van der Waals surface area contributed by atoms with Crippen molar-refractivity contribution in [2.45, 2.75) is 13.3 Å². The van der Waals surface area contributed by atoms with Gasteiger partial charge in [0.05, 0.1) is 7.14 Å². The lowest BCUT2D eigenvalue weighted by molar-refractivity contribution is 0.581. The highest BCUT2D eigenvalue weighted by Gasteiger charge is 2.01. The zero-order valence-corrected chi connectivity index (χ0v) is 6.16. The Labute approximate surface area is 45.5 Å². The van der Waals surface area contributed by atoms with Crippen molar-refractivity contribution in [1.82, 2.24) is 0 Å². The number of hydrogen-bond donors (Lipinski definition) is 0. The van der Waals surface area contributed by atoms with Crippen LogP contribution in [0.3, 0.4) is 0 Å². The monoisotopic (exact) mass is 120 g/mol. The molecule has 0 fully saturated rings. The van der Waals surface area contributed by atoms with E-state index in [1.165, 1.54) is 0 Å². The van der Waals surface area contributed by atoms with E-state index in [0.717, 1.165) is 12.6 Å². The maximum absolute atomic E-state index is 10.8. The number of hydrogen-bond acceptors (Lipinski definition) is 1. The summed E-state index contributed by atoms with van der Waals surface area (Å²) in [5.41, 5.74) is 0. The smallest absolute Gasteiger partial charge is 0.0819 e. The van der Waals surface area contributed by atoms with Crippen LogP contribution in [0.4, 0.5) is 0 Å². The normalized spacial score (nSPS) is 11.9. The Kier molecular flexibility index (Phi) is 2.60. The lowest BCUT2D eigenvalue weighted by atomic mass is 10.6. The molecule has 0 aliphatic rings. The van der Waals surface area contributed by atoms with Crippen molar-refractivity contribution < 1.29 is 4.57 Å². The summed E-state index contributed by atoms with van der Waals surface area (Å²) in [7, 11) is -1.67. The van der Waals surface area contributed by atoms with Crippen LogP contribution in [0.25, 0.3) is 0 Å². The van der Waals surface area contributed by atoms with Gasteiger partial charge in [-0.15, -0.1) is 0 Å². The van der Waals surface area contributed by atoms with Crippen molar-refractivity contribution in [2.24, 2.45) is 0 Å². The van der Waals surface area contributed by atoms with Crippen LogP contribution in [0, 0.1) is 0 Å². The highest BCUT2D eigenvalue weighted by atomic mass is 31.2. The van der Waals surface area contributed by atoms with Gasteiger partial charge in [-0.05, 0) is 19.8 Å². The average molecular weight is 120 g/mol. The second-order valence-electron chi connectivity index (χ2n) is 2.30. The van der Waals surface area contributed by atoms with Crippen molar-refractivity contribution in [2.75, 3.05) is 19.5 Å². The van der Waals surface area contributed by atoms with Gasteiger partial charge in [-0.1, -0.05) is 6.92 Å². The van der Waals surface area contributed by atoms with Crippen molar-refractivity contribution in [1.29, 1.82) is 0 Å². The van der Waals surface area contributed by atoms with Crippen LogP contribution in [0.15, 0.2) is 0 Å². The molecule has 0 aromatic carbocycles. The summed E-state index contributed by atoms with van der Waals surface area (Å²) in [5.74, 6) is 0. The van der Waals surface area contributed by atoms with Gasteiger partial charge in [0.25, 0.3) is 0 Å². The van der Waals surface area contributed by atoms with Gasteiger partial charge < -0.3 is 4.57 Å². The maximum Gasteiger partial charge on any atom is 0.0819 e.